The first-order valence-corrected chi connectivity index (χ1v) is 4.76. The summed E-state index contributed by atoms with van der Waals surface area (Å²) >= 11 is 0. The molecule has 1 saturated heterocycles. The van der Waals surface area contributed by atoms with Crippen molar-refractivity contribution in [3.8, 4) is 0 Å². The average Bonchev–Trinajstić information content (AvgIpc) is 1.92. The predicted molar refractivity (Wildman–Crippen MR) is 57.6 cm³/mol. The van der Waals surface area contributed by atoms with E-state index in [-0.39, 0.29) is 0 Å². The van der Waals surface area contributed by atoms with Gasteiger partial charge in [-0.25, -0.2) is 0 Å². The molecule has 13 heavy (non-hydrogen) atoms. The number of hydrogen-bond acceptors (Lipinski definition) is 2. The van der Waals surface area contributed by atoms with Crippen LogP contribution in [-0.4, -0.2) is 29.6 Å². The standard InChI is InChI=1S/C11H20N2/c1-6-9(2)12-10-7-13(8-10)11(3,4)5/h6,10,12H,1-2,7-8H2,3-5H3. The van der Waals surface area contributed by atoms with Crippen molar-refractivity contribution in [3.05, 3.63) is 24.9 Å². The minimum atomic E-state index is 0.299. The van der Waals surface area contributed by atoms with Crippen molar-refractivity contribution in [2.75, 3.05) is 13.1 Å². The summed E-state index contributed by atoms with van der Waals surface area (Å²) in [5, 5.41) is 3.31. The minimum absolute atomic E-state index is 0.299. The van der Waals surface area contributed by atoms with Crippen molar-refractivity contribution in [1.29, 1.82) is 0 Å². The Morgan fingerprint density at radius 2 is 2.00 bits per heavy atom. The quantitative estimate of drug-likeness (QED) is 0.666. The molecule has 1 fully saturated rings. The zero-order valence-corrected chi connectivity index (χ0v) is 8.93. The highest BCUT2D eigenvalue weighted by atomic mass is 15.3. The lowest BCUT2D eigenvalue weighted by Crippen LogP contribution is -2.63. The normalized spacial score (nSPS) is 19.3. The summed E-state index contributed by atoms with van der Waals surface area (Å²) in [5.41, 5.74) is 1.23. The maximum absolute atomic E-state index is 3.83. The molecule has 0 amide bonds. The van der Waals surface area contributed by atoms with E-state index in [2.05, 4.69) is 44.1 Å². The van der Waals surface area contributed by atoms with Gasteiger partial charge in [-0.3, -0.25) is 4.90 Å². The minimum Gasteiger partial charge on any atom is -0.380 e. The molecule has 0 spiro atoms. The van der Waals surface area contributed by atoms with E-state index in [9.17, 15) is 0 Å². The molecule has 0 atom stereocenters. The molecule has 74 valence electrons. The molecule has 1 aliphatic heterocycles. The third kappa shape index (κ3) is 2.59. The van der Waals surface area contributed by atoms with E-state index in [1.54, 1.807) is 6.08 Å². The van der Waals surface area contributed by atoms with Crippen LogP contribution in [0.1, 0.15) is 20.8 Å². The molecule has 0 radical (unpaired) electrons. The average molecular weight is 180 g/mol. The zero-order chi connectivity index (χ0) is 10.1. The molecule has 0 aliphatic carbocycles. The van der Waals surface area contributed by atoms with Gasteiger partial charge >= 0.3 is 0 Å². The van der Waals surface area contributed by atoms with Gasteiger partial charge in [-0.05, 0) is 26.8 Å². The van der Waals surface area contributed by atoms with Gasteiger partial charge in [0.25, 0.3) is 0 Å². The van der Waals surface area contributed by atoms with Gasteiger partial charge < -0.3 is 5.32 Å². The van der Waals surface area contributed by atoms with E-state index in [0.29, 0.717) is 11.6 Å². The van der Waals surface area contributed by atoms with Gasteiger partial charge in [0, 0.05) is 24.3 Å². The van der Waals surface area contributed by atoms with Crippen LogP contribution in [0.5, 0.6) is 0 Å². The molecule has 1 aliphatic rings. The molecule has 0 aromatic rings. The zero-order valence-electron chi connectivity index (χ0n) is 8.93. The molecule has 2 heteroatoms. The molecule has 1 rings (SSSR count). The maximum Gasteiger partial charge on any atom is 0.0515 e. The van der Waals surface area contributed by atoms with Crippen LogP contribution in [-0.2, 0) is 0 Å². The highest BCUT2D eigenvalue weighted by molar-refractivity contribution is 5.11. The van der Waals surface area contributed by atoms with Crippen molar-refractivity contribution in [2.24, 2.45) is 0 Å². The Balaban J connectivity index is 2.26. The van der Waals surface area contributed by atoms with Crippen LogP contribution in [0.4, 0.5) is 0 Å². The Morgan fingerprint density at radius 3 is 2.38 bits per heavy atom. The summed E-state index contributed by atoms with van der Waals surface area (Å²) in [6.45, 7) is 16.4. The lowest BCUT2D eigenvalue weighted by atomic mass is 9.97. The van der Waals surface area contributed by atoms with Gasteiger partial charge in [-0.1, -0.05) is 13.2 Å². The second kappa shape index (κ2) is 3.54. The molecule has 0 bridgehead atoms. The van der Waals surface area contributed by atoms with Crippen LogP contribution < -0.4 is 5.32 Å². The summed E-state index contributed by atoms with van der Waals surface area (Å²) in [6, 6.07) is 0.560. The largest absolute Gasteiger partial charge is 0.380 e. The topological polar surface area (TPSA) is 15.3 Å². The highest BCUT2D eigenvalue weighted by Gasteiger charge is 2.33. The fourth-order valence-corrected chi connectivity index (χ4v) is 1.44. The SMILES string of the molecule is C=CC(=C)NC1CN(C(C)(C)C)C1. The van der Waals surface area contributed by atoms with Crippen molar-refractivity contribution in [2.45, 2.75) is 32.4 Å². The fourth-order valence-electron chi connectivity index (χ4n) is 1.44. The lowest BCUT2D eigenvalue weighted by molar-refractivity contribution is 0.0393. The van der Waals surface area contributed by atoms with Crippen molar-refractivity contribution < 1.29 is 0 Å². The highest BCUT2D eigenvalue weighted by Crippen LogP contribution is 2.21. The molecular weight excluding hydrogens is 160 g/mol. The summed E-state index contributed by atoms with van der Waals surface area (Å²) in [7, 11) is 0. The van der Waals surface area contributed by atoms with Gasteiger partial charge in [0.15, 0.2) is 0 Å². The first kappa shape index (κ1) is 10.3. The Labute approximate surface area is 81.3 Å². The molecule has 0 unspecified atom stereocenters. The van der Waals surface area contributed by atoms with Gasteiger partial charge in [0.1, 0.15) is 0 Å². The smallest absolute Gasteiger partial charge is 0.0515 e. The summed E-state index contributed by atoms with van der Waals surface area (Å²) in [4.78, 5) is 2.45. The van der Waals surface area contributed by atoms with Crippen molar-refractivity contribution in [1.82, 2.24) is 10.2 Å². The molecule has 1 N–H and O–H groups in total. The van der Waals surface area contributed by atoms with Gasteiger partial charge in [0.05, 0.1) is 6.04 Å². The first-order valence-electron chi connectivity index (χ1n) is 4.76. The van der Waals surface area contributed by atoms with Crippen LogP contribution in [0.15, 0.2) is 24.9 Å². The van der Waals surface area contributed by atoms with Crippen LogP contribution in [0.2, 0.25) is 0 Å². The van der Waals surface area contributed by atoms with Gasteiger partial charge in [0.2, 0.25) is 0 Å². The second-order valence-corrected chi connectivity index (χ2v) is 4.65. The number of rotatable bonds is 3. The van der Waals surface area contributed by atoms with Crippen molar-refractivity contribution in [3.63, 3.8) is 0 Å². The second-order valence-electron chi connectivity index (χ2n) is 4.65. The Morgan fingerprint density at radius 1 is 1.46 bits per heavy atom. The maximum atomic E-state index is 3.83. The Hall–Kier alpha value is -0.760. The van der Waals surface area contributed by atoms with Gasteiger partial charge in [-0.15, -0.1) is 0 Å². The number of nitrogens with zero attached hydrogens (tertiary/aromatic N) is 1. The fraction of sp³-hybridized carbons (Fsp3) is 0.636. The van der Waals surface area contributed by atoms with Gasteiger partial charge in [-0.2, -0.15) is 0 Å². The number of allylic oxidation sites excluding steroid dienone is 1. The van der Waals surface area contributed by atoms with Crippen LogP contribution in [0.25, 0.3) is 0 Å². The predicted octanol–water partition coefficient (Wildman–Crippen LogP) is 1.76. The van der Waals surface area contributed by atoms with Crippen LogP contribution in [0.3, 0.4) is 0 Å². The molecule has 1 heterocycles. The summed E-state index contributed by atoms with van der Waals surface area (Å²) in [5.74, 6) is 0. The van der Waals surface area contributed by atoms with Crippen LogP contribution in [0, 0.1) is 0 Å². The number of likely N-dealkylation sites (tertiary alicyclic amines) is 1. The number of hydrogen-bond donors (Lipinski definition) is 1. The molecular formula is C11H20N2. The molecule has 2 nitrogen and oxygen atoms in total. The Bertz CT molecular complexity index is 207. The van der Waals surface area contributed by atoms with E-state index in [1.165, 1.54) is 0 Å². The third-order valence-electron chi connectivity index (χ3n) is 2.47. The monoisotopic (exact) mass is 180 g/mol. The van der Waals surface area contributed by atoms with E-state index < -0.39 is 0 Å². The van der Waals surface area contributed by atoms with E-state index in [4.69, 9.17) is 0 Å². The third-order valence-corrected chi connectivity index (χ3v) is 2.47. The van der Waals surface area contributed by atoms with E-state index >= 15 is 0 Å². The summed E-state index contributed by atoms with van der Waals surface area (Å²) in [6.07, 6.45) is 1.76. The molecule has 0 aromatic carbocycles. The Kier molecular flexibility index (Phi) is 2.81. The first-order chi connectivity index (χ1) is 5.93. The van der Waals surface area contributed by atoms with E-state index in [0.717, 1.165) is 18.8 Å². The lowest BCUT2D eigenvalue weighted by Gasteiger charge is -2.48. The molecule has 0 saturated carbocycles. The number of nitrogens with one attached hydrogen (secondary N) is 1. The van der Waals surface area contributed by atoms with Crippen LogP contribution >= 0.6 is 0 Å². The summed E-state index contributed by atoms with van der Waals surface area (Å²) < 4.78 is 0. The van der Waals surface area contributed by atoms with Crippen molar-refractivity contribution >= 4 is 0 Å². The van der Waals surface area contributed by atoms with E-state index in [1.807, 2.05) is 0 Å². The molecule has 0 aromatic heterocycles.